The van der Waals surface area contributed by atoms with Gasteiger partial charge >= 0.3 is 0 Å². The van der Waals surface area contributed by atoms with Crippen LogP contribution in [0, 0.1) is 0 Å². The Balaban J connectivity index is 2.03. The summed E-state index contributed by atoms with van der Waals surface area (Å²) in [4.78, 5) is 18.1. The molecular weight excluding hydrogens is 244 g/mol. The zero-order valence-corrected chi connectivity index (χ0v) is 9.96. The smallest absolute Gasteiger partial charge is 0.247 e. The first-order valence-corrected chi connectivity index (χ1v) is 5.73. The van der Waals surface area contributed by atoms with Crippen molar-refractivity contribution in [1.82, 2.24) is 10.3 Å². The third-order valence-corrected chi connectivity index (χ3v) is 2.84. The van der Waals surface area contributed by atoms with Crippen LogP contribution < -0.4 is 16.6 Å². The van der Waals surface area contributed by atoms with Gasteiger partial charge in [-0.05, 0) is 24.3 Å². The van der Waals surface area contributed by atoms with Gasteiger partial charge in [0.15, 0.2) is 5.76 Å². The molecule has 0 bridgehead atoms. The fourth-order valence-corrected chi connectivity index (χ4v) is 1.86. The molecule has 6 nitrogen and oxygen atoms in total. The number of hydrogen-bond acceptors (Lipinski definition) is 5. The van der Waals surface area contributed by atoms with Crippen molar-refractivity contribution in [3.05, 3.63) is 70.7 Å². The fourth-order valence-electron chi connectivity index (χ4n) is 1.86. The second-order valence-electron chi connectivity index (χ2n) is 4.16. The molecule has 4 N–H and O–H groups in total. The van der Waals surface area contributed by atoms with Gasteiger partial charge in [-0.15, -0.1) is 0 Å². The Morgan fingerprint density at radius 2 is 2.21 bits per heavy atom. The van der Waals surface area contributed by atoms with Crippen molar-refractivity contribution in [3.63, 3.8) is 0 Å². The van der Waals surface area contributed by atoms with Crippen molar-refractivity contribution in [3.8, 4) is 0 Å². The zero-order valence-electron chi connectivity index (χ0n) is 9.96. The van der Waals surface area contributed by atoms with Crippen molar-refractivity contribution < 1.29 is 4.42 Å². The summed E-state index contributed by atoms with van der Waals surface area (Å²) in [5.74, 6) is -0.488. The Morgan fingerprint density at radius 3 is 2.89 bits per heavy atom. The first-order valence-electron chi connectivity index (χ1n) is 5.73. The molecule has 0 spiro atoms. The number of nitrogens with one attached hydrogen (secondary N) is 2. The van der Waals surface area contributed by atoms with Crippen LogP contribution in [0.5, 0.6) is 0 Å². The van der Waals surface area contributed by atoms with Crippen LogP contribution in [0.25, 0.3) is 0 Å². The largest absolute Gasteiger partial charge is 0.463 e. The minimum atomic E-state index is -1.12. The molecule has 2 aromatic rings. The summed E-state index contributed by atoms with van der Waals surface area (Å²) in [6.45, 7) is 0. The number of nitrogens with two attached hydrogens (primary N) is 1. The predicted molar refractivity (Wildman–Crippen MR) is 70.4 cm³/mol. The van der Waals surface area contributed by atoms with E-state index in [1.165, 1.54) is 12.3 Å². The van der Waals surface area contributed by atoms with Crippen LogP contribution in [0.2, 0.25) is 0 Å². The van der Waals surface area contributed by atoms with Gasteiger partial charge in [-0.3, -0.25) is 10.5 Å². The first-order chi connectivity index (χ1) is 9.17. The monoisotopic (exact) mass is 256 g/mol. The second-order valence-corrected chi connectivity index (χ2v) is 4.16. The molecule has 96 valence electrons. The van der Waals surface area contributed by atoms with Gasteiger partial charge in [-0.25, -0.2) is 4.99 Å². The molecule has 1 aliphatic heterocycles. The lowest BCUT2D eigenvalue weighted by atomic mass is 10.1. The molecule has 0 radical (unpaired) electrons. The number of aromatic amines is 1. The number of allylic oxidation sites excluding steroid dienone is 1. The number of aromatic nitrogens is 1. The third-order valence-electron chi connectivity index (χ3n) is 2.84. The Bertz CT molecular complexity index is 679. The second kappa shape index (κ2) is 4.25. The molecule has 3 heterocycles. The first kappa shape index (κ1) is 11.5. The van der Waals surface area contributed by atoms with E-state index >= 15 is 0 Å². The van der Waals surface area contributed by atoms with Gasteiger partial charge in [0.1, 0.15) is 5.71 Å². The highest BCUT2D eigenvalue weighted by Crippen LogP contribution is 2.20. The van der Waals surface area contributed by atoms with Crippen LogP contribution in [0.1, 0.15) is 11.3 Å². The summed E-state index contributed by atoms with van der Waals surface area (Å²) in [6.07, 6.45) is 6.59. The van der Waals surface area contributed by atoms with Crippen LogP contribution in [-0.4, -0.2) is 10.7 Å². The van der Waals surface area contributed by atoms with Crippen molar-refractivity contribution in [1.29, 1.82) is 0 Å². The molecule has 0 fully saturated rings. The van der Waals surface area contributed by atoms with Crippen molar-refractivity contribution in [2.45, 2.75) is 5.79 Å². The van der Waals surface area contributed by atoms with E-state index in [4.69, 9.17) is 10.2 Å². The molecule has 19 heavy (non-hydrogen) atoms. The summed E-state index contributed by atoms with van der Waals surface area (Å²) in [5, 5.41) is 2.97. The van der Waals surface area contributed by atoms with Gasteiger partial charge in [0.25, 0.3) is 0 Å². The molecular formula is C13H12N4O2. The number of pyridine rings is 1. The predicted octanol–water partition coefficient (Wildman–Crippen LogP) is 0.643. The molecule has 3 rings (SSSR count). The normalized spacial score (nSPS) is 21.8. The number of rotatable bonds is 2. The van der Waals surface area contributed by atoms with Crippen LogP contribution in [-0.2, 0) is 5.79 Å². The van der Waals surface area contributed by atoms with E-state index < -0.39 is 5.79 Å². The highest BCUT2D eigenvalue weighted by Gasteiger charge is 2.28. The lowest BCUT2D eigenvalue weighted by molar-refractivity contribution is 0.407. The zero-order chi connectivity index (χ0) is 13.3. The summed E-state index contributed by atoms with van der Waals surface area (Å²) in [5.41, 5.74) is 7.32. The maximum atomic E-state index is 11.1. The lowest BCUT2D eigenvalue weighted by Crippen LogP contribution is -2.48. The van der Waals surface area contributed by atoms with Gasteiger partial charge in [-0.2, -0.15) is 0 Å². The van der Waals surface area contributed by atoms with E-state index in [2.05, 4.69) is 15.3 Å². The third kappa shape index (κ3) is 2.09. The molecule has 0 amide bonds. The molecule has 6 heteroatoms. The molecule has 0 aliphatic carbocycles. The van der Waals surface area contributed by atoms with E-state index in [9.17, 15) is 4.79 Å². The van der Waals surface area contributed by atoms with Gasteiger partial charge in [0.2, 0.25) is 11.3 Å². The van der Waals surface area contributed by atoms with Crippen LogP contribution in [0.15, 0.2) is 63.2 Å². The van der Waals surface area contributed by atoms with Gasteiger partial charge < -0.3 is 14.7 Å². The van der Waals surface area contributed by atoms with Crippen molar-refractivity contribution in [2.75, 3.05) is 0 Å². The molecule has 0 saturated carbocycles. The number of hydrogen-bond donors (Lipinski definition) is 3. The van der Waals surface area contributed by atoms with E-state index in [0.717, 1.165) is 0 Å². The van der Waals surface area contributed by atoms with E-state index in [1.54, 1.807) is 30.7 Å². The Morgan fingerprint density at radius 1 is 1.32 bits per heavy atom. The number of aliphatic imine (C=N–C) groups is 1. The highest BCUT2D eigenvalue weighted by molar-refractivity contribution is 6.07. The summed E-state index contributed by atoms with van der Waals surface area (Å²) < 4.78 is 5.30. The molecule has 0 aromatic carbocycles. The minimum Gasteiger partial charge on any atom is -0.463 e. The van der Waals surface area contributed by atoms with E-state index in [-0.39, 0.29) is 5.56 Å². The minimum absolute atomic E-state index is 0.186. The van der Waals surface area contributed by atoms with Crippen molar-refractivity contribution in [2.24, 2.45) is 10.7 Å². The summed E-state index contributed by atoms with van der Waals surface area (Å²) in [7, 11) is 0. The summed E-state index contributed by atoms with van der Waals surface area (Å²) in [6, 6.07) is 6.63. The van der Waals surface area contributed by atoms with Gasteiger partial charge in [-0.1, -0.05) is 0 Å². The van der Waals surface area contributed by atoms with Crippen LogP contribution >= 0.6 is 0 Å². The number of H-pyrrole nitrogens is 1. The Hall–Kier alpha value is -2.60. The Labute approximate surface area is 108 Å². The average molecular weight is 256 g/mol. The molecule has 1 unspecified atom stereocenters. The van der Waals surface area contributed by atoms with Gasteiger partial charge in [0, 0.05) is 24.0 Å². The maximum Gasteiger partial charge on any atom is 0.247 e. The average Bonchev–Trinajstić information content (AvgIpc) is 2.93. The highest BCUT2D eigenvalue weighted by atomic mass is 16.3. The Kier molecular flexibility index (Phi) is 2.57. The SMILES string of the molecule is NC1(c2ccc(=O)[nH]c2)N=C(c2ccco2)C=CN1. The quantitative estimate of drug-likeness (QED) is 0.734. The van der Waals surface area contributed by atoms with E-state index in [0.29, 0.717) is 17.0 Å². The standard InChI is InChI=1S/C13H12N4O2/c14-13(9-3-4-12(18)15-8-9)16-6-5-10(17-13)11-2-1-7-19-11/h1-8,16H,14H2,(H,15,18). The van der Waals surface area contributed by atoms with E-state index in [1.807, 2.05) is 6.07 Å². The topological polar surface area (TPSA) is 96.4 Å². The molecule has 2 aromatic heterocycles. The molecule has 0 saturated heterocycles. The number of furan rings is 1. The van der Waals surface area contributed by atoms with Crippen LogP contribution in [0.3, 0.4) is 0 Å². The fraction of sp³-hybridized carbons (Fsp3) is 0.0769. The maximum absolute atomic E-state index is 11.1. The van der Waals surface area contributed by atoms with Crippen molar-refractivity contribution >= 4 is 5.71 Å². The molecule has 1 aliphatic rings. The lowest BCUT2D eigenvalue weighted by Gasteiger charge is -2.28. The molecule has 1 atom stereocenters. The van der Waals surface area contributed by atoms with Gasteiger partial charge in [0.05, 0.1) is 6.26 Å². The summed E-state index contributed by atoms with van der Waals surface area (Å²) >= 11 is 0. The van der Waals surface area contributed by atoms with Crippen LogP contribution in [0.4, 0.5) is 0 Å². The number of nitrogens with zero attached hydrogens (tertiary/aromatic N) is 1.